The summed E-state index contributed by atoms with van der Waals surface area (Å²) in [5.74, 6) is -0.332. The van der Waals surface area contributed by atoms with Crippen LogP contribution >= 0.6 is 34.2 Å². The molecule has 116 valence electrons. The standard InChI is InChI=1S/C14H6ClIN2O5/c15-10-3-1-7(18(20)21)5-9(10)13-17-11(14(19)23-13)6-8-2-4-12(16)22-8/h1-6H/b11-6-. The van der Waals surface area contributed by atoms with E-state index in [0.29, 0.717) is 9.53 Å². The number of nitrogens with zero attached hydrogens (tertiary/aromatic N) is 2. The van der Waals surface area contributed by atoms with Crippen LogP contribution in [0.4, 0.5) is 5.69 Å². The van der Waals surface area contributed by atoms with E-state index >= 15 is 0 Å². The van der Waals surface area contributed by atoms with Crippen LogP contribution in [0, 0.1) is 13.9 Å². The third-order valence-corrected chi connectivity index (χ3v) is 3.79. The Kier molecular flexibility index (Phi) is 4.18. The number of benzene rings is 1. The van der Waals surface area contributed by atoms with Crippen molar-refractivity contribution >= 4 is 57.8 Å². The third kappa shape index (κ3) is 3.27. The van der Waals surface area contributed by atoms with Crippen molar-refractivity contribution in [3.8, 4) is 0 Å². The first-order valence-electron chi connectivity index (χ1n) is 6.16. The summed E-state index contributed by atoms with van der Waals surface area (Å²) in [6, 6.07) is 7.21. The van der Waals surface area contributed by atoms with Gasteiger partial charge in [-0.15, -0.1) is 0 Å². The minimum absolute atomic E-state index is 0.0216. The zero-order valence-corrected chi connectivity index (χ0v) is 14.1. The van der Waals surface area contributed by atoms with Gasteiger partial charge in [-0.2, -0.15) is 0 Å². The van der Waals surface area contributed by atoms with Crippen LogP contribution in [0.3, 0.4) is 0 Å². The van der Waals surface area contributed by atoms with Crippen LogP contribution in [-0.4, -0.2) is 16.8 Å². The second kappa shape index (κ2) is 6.13. The van der Waals surface area contributed by atoms with Gasteiger partial charge in [0, 0.05) is 18.2 Å². The number of carbonyl (C=O) groups is 1. The average Bonchev–Trinajstić information content (AvgIpc) is 3.06. The van der Waals surface area contributed by atoms with Crippen LogP contribution < -0.4 is 0 Å². The van der Waals surface area contributed by atoms with Crippen LogP contribution in [0.15, 0.2) is 45.4 Å². The molecule has 0 amide bonds. The maximum Gasteiger partial charge on any atom is 0.363 e. The molecule has 1 aliphatic rings. The predicted octanol–water partition coefficient (Wildman–Crippen LogP) is 3.79. The molecule has 1 aromatic heterocycles. The minimum atomic E-state index is -0.686. The Morgan fingerprint density at radius 3 is 2.74 bits per heavy atom. The number of nitro groups is 1. The van der Waals surface area contributed by atoms with Gasteiger partial charge >= 0.3 is 5.97 Å². The van der Waals surface area contributed by atoms with Crippen molar-refractivity contribution in [3.63, 3.8) is 0 Å². The second-order valence-electron chi connectivity index (χ2n) is 4.40. The molecule has 0 saturated heterocycles. The third-order valence-electron chi connectivity index (χ3n) is 2.88. The Bertz CT molecular complexity index is 887. The maximum absolute atomic E-state index is 11.9. The van der Waals surface area contributed by atoms with Gasteiger partial charge in [0.15, 0.2) is 9.46 Å². The van der Waals surface area contributed by atoms with E-state index in [9.17, 15) is 14.9 Å². The van der Waals surface area contributed by atoms with E-state index in [1.165, 1.54) is 24.3 Å². The van der Waals surface area contributed by atoms with E-state index in [2.05, 4.69) is 4.99 Å². The van der Waals surface area contributed by atoms with Gasteiger partial charge in [0.1, 0.15) is 5.76 Å². The van der Waals surface area contributed by atoms with E-state index in [1.54, 1.807) is 12.1 Å². The summed E-state index contributed by atoms with van der Waals surface area (Å²) in [4.78, 5) is 26.2. The number of rotatable bonds is 3. The second-order valence-corrected chi connectivity index (χ2v) is 5.87. The fourth-order valence-electron chi connectivity index (χ4n) is 1.86. The summed E-state index contributed by atoms with van der Waals surface area (Å²) in [7, 11) is 0. The molecule has 1 aromatic carbocycles. The highest BCUT2D eigenvalue weighted by atomic mass is 127. The molecule has 3 rings (SSSR count). The molecular weight excluding hydrogens is 439 g/mol. The van der Waals surface area contributed by atoms with Crippen molar-refractivity contribution in [1.29, 1.82) is 0 Å². The zero-order chi connectivity index (χ0) is 16.6. The molecule has 0 bridgehead atoms. The number of halogens is 2. The lowest BCUT2D eigenvalue weighted by Crippen LogP contribution is -2.06. The highest BCUT2D eigenvalue weighted by Gasteiger charge is 2.27. The van der Waals surface area contributed by atoms with Crippen LogP contribution in [0.25, 0.3) is 6.08 Å². The fourth-order valence-corrected chi connectivity index (χ4v) is 2.49. The highest BCUT2D eigenvalue weighted by molar-refractivity contribution is 14.1. The average molecular weight is 445 g/mol. The molecule has 9 heteroatoms. The zero-order valence-electron chi connectivity index (χ0n) is 11.2. The lowest BCUT2D eigenvalue weighted by Gasteiger charge is -2.02. The van der Waals surface area contributed by atoms with Gasteiger partial charge in [-0.1, -0.05) is 11.6 Å². The van der Waals surface area contributed by atoms with E-state index in [1.807, 2.05) is 22.6 Å². The lowest BCUT2D eigenvalue weighted by atomic mass is 10.2. The topological polar surface area (TPSA) is 94.9 Å². The van der Waals surface area contributed by atoms with Gasteiger partial charge in [-0.05, 0) is 40.8 Å². The number of non-ortho nitro benzene ring substituents is 1. The Labute approximate surface area is 147 Å². The molecular formula is C14H6ClIN2O5. The molecule has 7 nitrogen and oxygen atoms in total. The summed E-state index contributed by atoms with van der Waals surface area (Å²) in [6.45, 7) is 0. The number of esters is 1. The quantitative estimate of drug-likeness (QED) is 0.236. The van der Waals surface area contributed by atoms with Crippen molar-refractivity contribution in [3.05, 3.63) is 66.3 Å². The molecule has 0 atom stereocenters. The van der Waals surface area contributed by atoms with Gasteiger partial charge in [0.2, 0.25) is 5.90 Å². The lowest BCUT2D eigenvalue weighted by molar-refractivity contribution is -0.384. The highest BCUT2D eigenvalue weighted by Crippen LogP contribution is 2.27. The van der Waals surface area contributed by atoms with E-state index < -0.39 is 10.9 Å². The monoisotopic (exact) mass is 444 g/mol. The molecule has 0 aliphatic carbocycles. The van der Waals surface area contributed by atoms with Crippen LogP contribution in [0.5, 0.6) is 0 Å². The smallest absolute Gasteiger partial charge is 0.363 e. The number of hydrogen-bond donors (Lipinski definition) is 0. The molecule has 2 heterocycles. The van der Waals surface area contributed by atoms with Crippen molar-refractivity contribution in [2.75, 3.05) is 0 Å². The molecule has 23 heavy (non-hydrogen) atoms. The Hall–Kier alpha value is -2.20. The first kappa shape index (κ1) is 15.7. The number of carbonyl (C=O) groups excluding carboxylic acids is 1. The molecule has 2 aromatic rings. The molecule has 0 unspecified atom stereocenters. The van der Waals surface area contributed by atoms with E-state index in [0.717, 1.165) is 0 Å². The number of ether oxygens (including phenoxy) is 1. The number of aliphatic imine (C=N–C) groups is 1. The van der Waals surface area contributed by atoms with Crippen LogP contribution in [0.2, 0.25) is 5.02 Å². The Balaban J connectivity index is 2.00. The van der Waals surface area contributed by atoms with Gasteiger partial charge in [0.25, 0.3) is 5.69 Å². The van der Waals surface area contributed by atoms with Crippen molar-refractivity contribution in [2.45, 2.75) is 0 Å². The summed E-state index contributed by atoms with van der Waals surface area (Å²) in [6.07, 6.45) is 1.42. The molecule has 0 spiro atoms. The van der Waals surface area contributed by atoms with E-state index in [-0.39, 0.29) is 27.9 Å². The van der Waals surface area contributed by atoms with Gasteiger partial charge in [0.05, 0.1) is 15.5 Å². The van der Waals surface area contributed by atoms with Crippen LogP contribution in [0.1, 0.15) is 11.3 Å². The first-order valence-corrected chi connectivity index (χ1v) is 7.62. The number of hydrogen-bond acceptors (Lipinski definition) is 6. The maximum atomic E-state index is 11.9. The van der Waals surface area contributed by atoms with Gasteiger partial charge in [-0.25, -0.2) is 9.79 Å². The minimum Gasteiger partial charge on any atom is -0.451 e. The van der Waals surface area contributed by atoms with Crippen molar-refractivity contribution < 1.29 is 18.9 Å². The molecule has 0 N–H and O–H groups in total. The van der Waals surface area contributed by atoms with Crippen molar-refractivity contribution in [1.82, 2.24) is 0 Å². The SMILES string of the molecule is O=C1OC(c2cc([N+](=O)[O-])ccc2Cl)=N/C1=C\c1ccc(I)o1. The molecule has 0 saturated carbocycles. The van der Waals surface area contributed by atoms with Crippen molar-refractivity contribution in [2.24, 2.45) is 4.99 Å². The fraction of sp³-hybridized carbons (Fsp3) is 0. The Morgan fingerprint density at radius 2 is 2.09 bits per heavy atom. The number of furan rings is 1. The van der Waals surface area contributed by atoms with Gasteiger partial charge in [-0.3, -0.25) is 10.1 Å². The molecule has 0 fully saturated rings. The largest absolute Gasteiger partial charge is 0.451 e. The first-order chi connectivity index (χ1) is 10.9. The summed E-state index contributed by atoms with van der Waals surface area (Å²) in [5.41, 5.74) is 0.0149. The molecule has 0 radical (unpaired) electrons. The normalized spacial score (nSPS) is 15.7. The number of cyclic esters (lactones) is 1. The summed E-state index contributed by atoms with van der Waals surface area (Å²) < 4.78 is 11.0. The molecule has 1 aliphatic heterocycles. The number of nitro benzene ring substituents is 1. The summed E-state index contributed by atoms with van der Waals surface area (Å²) >= 11 is 8.00. The van der Waals surface area contributed by atoms with E-state index in [4.69, 9.17) is 20.8 Å². The van der Waals surface area contributed by atoms with Gasteiger partial charge < -0.3 is 9.15 Å². The summed E-state index contributed by atoms with van der Waals surface area (Å²) in [5, 5.41) is 11.0. The predicted molar refractivity (Wildman–Crippen MR) is 90.1 cm³/mol. The Morgan fingerprint density at radius 1 is 1.30 bits per heavy atom. The van der Waals surface area contributed by atoms with Crippen LogP contribution in [-0.2, 0) is 9.53 Å².